The Morgan fingerprint density at radius 3 is 2.63 bits per heavy atom. The lowest BCUT2D eigenvalue weighted by molar-refractivity contribution is 0.122. The summed E-state index contributed by atoms with van der Waals surface area (Å²) in [6.45, 7) is 4.14. The number of halogens is 1. The maximum Gasteiger partial charge on any atom is 0.241 e. The third-order valence-corrected chi connectivity index (χ3v) is 5.53. The van der Waals surface area contributed by atoms with Crippen LogP contribution in [-0.4, -0.2) is 28.2 Å². The van der Waals surface area contributed by atoms with Crippen LogP contribution in [0.15, 0.2) is 21.5 Å². The van der Waals surface area contributed by atoms with Gasteiger partial charge in [0.1, 0.15) is 0 Å². The molecule has 0 aromatic heterocycles. The number of sulfonamides is 1. The molecule has 7 heteroatoms. The highest BCUT2D eigenvalue weighted by molar-refractivity contribution is 9.10. The maximum atomic E-state index is 12.3. The van der Waals surface area contributed by atoms with Gasteiger partial charge in [0.15, 0.2) is 0 Å². The molecule has 0 aliphatic rings. The first kappa shape index (κ1) is 16.6. The van der Waals surface area contributed by atoms with Crippen LogP contribution in [0, 0.1) is 6.92 Å². The Labute approximate surface area is 122 Å². The van der Waals surface area contributed by atoms with Crippen LogP contribution in [0.25, 0.3) is 0 Å². The topological polar surface area (TPSA) is 81.4 Å². The van der Waals surface area contributed by atoms with Crippen molar-refractivity contribution in [3.05, 3.63) is 27.7 Å². The minimum atomic E-state index is -3.58. The number of nitrogens with one attached hydrogen (secondary N) is 1. The van der Waals surface area contributed by atoms with E-state index in [9.17, 15) is 8.42 Å². The number of hydrogen-bond acceptors (Lipinski definition) is 4. The van der Waals surface area contributed by atoms with Gasteiger partial charge in [-0.25, -0.2) is 13.1 Å². The predicted molar refractivity (Wildman–Crippen MR) is 78.4 cm³/mol. The molecule has 0 saturated carbocycles. The molecule has 0 fully saturated rings. The van der Waals surface area contributed by atoms with Crippen LogP contribution < -0.4 is 10.5 Å². The molecule has 1 aromatic carbocycles. The number of rotatable bonds is 6. The van der Waals surface area contributed by atoms with E-state index in [0.717, 1.165) is 11.1 Å². The van der Waals surface area contributed by atoms with Crippen molar-refractivity contribution in [3.63, 3.8) is 0 Å². The van der Waals surface area contributed by atoms with E-state index in [1.807, 2.05) is 13.0 Å². The smallest absolute Gasteiger partial charge is 0.241 e. The van der Waals surface area contributed by atoms with E-state index in [1.54, 1.807) is 13.0 Å². The molecule has 0 radical (unpaired) electrons. The molecule has 1 atom stereocenters. The van der Waals surface area contributed by atoms with Crippen LogP contribution in [0.5, 0.6) is 0 Å². The molecule has 0 aliphatic heterocycles. The zero-order valence-electron chi connectivity index (χ0n) is 11.2. The van der Waals surface area contributed by atoms with Gasteiger partial charge in [-0.05, 0) is 47.0 Å². The summed E-state index contributed by atoms with van der Waals surface area (Å²) in [4.78, 5) is 0.205. The highest BCUT2D eigenvalue weighted by Crippen LogP contribution is 2.27. The fraction of sp³-hybridized carbons (Fsp3) is 0.500. The highest BCUT2D eigenvalue weighted by Gasteiger charge is 2.20. The quantitative estimate of drug-likeness (QED) is 0.814. The van der Waals surface area contributed by atoms with Crippen molar-refractivity contribution in [3.8, 4) is 0 Å². The lowest BCUT2D eigenvalue weighted by Crippen LogP contribution is -2.32. The normalized spacial score (nSPS) is 13.5. The van der Waals surface area contributed by atoms with Crippen molar-refractivity contribution in [2.24, 2.45) is 5.73 Å². The lowest BCUT2D eigenvalue weighted by Gasteiger charge is -2.14. The molecule has 19 heavy (non-hydrogen) atoms. The van der Waals surface area contributed by atoms with Crippen molar-refractivity contribution in [1.29, 1.82) is 0 Å². The number of aryl methyl sites for hydroxylation is 1. The summed E-state index contributed by atoms with van der Waals surface area (Å²) >= 11 is 3.31. The molecule has 3 N–H and O–H groups in total. The second-order valence-electron chi connectivity index (χ2n) is 4.33. The average Bonchev–Trinajstić information content (AvgIpc) is 2.38. The first-order valence-electron chi connectivity index (χ1n) is 5.83. The van der Waals surface area contributed by atoms with E-state index in [0.29, 0.717) is 11.0 Å². The van der Waals surface area contributed by atoms with Crippen molar-refractivity contribution in [2.45, 2.75) is 31.4 Å². The third kappa shape index (κ3) is 4.25. The van der Waals surface area contributed by atoms with Crippen LogP contribution in [-0.2, 0) is 21.3 Å². The first-order chi connectivity index (χ1) is 8.81. The number of hydrogen-bond donors (Lipinski definition) is 2. The Morgan fingerprint density at radius 2 is 2.11 bits per heavy atom. The summed E-state index contributed by atoms with van der Waals surface area (Å²) < 4.78 is 32.6. The van der Waals surface area contributed by atoms with E-state index < -0.39 is 10.0 Å². The zero-order valence-corrected chi connectivity index (χ0v) is 13.6. The SMILES string of the molecule is COC(C)CNS(=O)(=O)c1cc(CN)cc(C)c1Br. The fourth-order valence-electron chi connectivity index (χ4n) is 1.51. The number of ether oxygens (including phenoxy) is 1. The van der Waals surface area contributed by atoms with Crippen LogP contribution in [0.2, 0.25) is 0 Å². The second-order valence-corrected chi connectivity index (χ2v) is 6.86. The van der Waals surface area contributed by atoms with Crippen LogP contribution in [0.1, 0.15) is 18.1 Å². The summed E-state index contributed by atoms with van der Waals surface area (Å²) in [6.07, 6.45) is -0.188. The van der Waals surface area contributed by atoms with Gasteiger partial charge in [0, 0.05) is 24.7 Å². The summed E-state index contributed by atoms with van der Waals surface area (Å²) in [6, 6.07) is 3.44. The average molecular weight is 351 g/mol. The van der Waals surface area contributed by atoms with Gasteiger partial charge in [-0.2, -0.15) is 0 Å². The van der Waals surface area contributed by atoms with E-state index in [4.69, 9.17) is 10.5 Å². The Morgan fingerprint density at radius 1 is 1.47 bits per heavy atom. The molecule has 0 saturated heterocycles. The summed E-state index contributed by atoms with van der Waals surface area (Å²) in [5.41, 5.74) is 7.19. The van der Waals surface area contributed by atoms with Crippen molar-refractivity contribution in [1.82, 2.24) is 4.72 Å². The molecule has 0 aliphatic carbocycles. The first-order valence-corrected chi connectivity index (χ1v) is 8.11. The van der Waals surface area contributed by atoms with Crippen molar-refractivity contribution < 1.29 is 13.2 Å². The number of benzene rings is 1. The fourth-order valence-corrected chi connectivity index (χ4v) is 3.69. The Balaban J connectivity index is 3.10. The molecule has 0 bridgehead atoms. The molecule has 108 valence electrons. The Hall–Kier alpha value is -0.470. The molecular formula is C12H19BrN2O3S. The van der Waals surface area contributed by atoms with E-state index in [1.165, 1.54) is 7.11 Å². The predicted octanol–water partition coefficient (Wildman–Crippen LogP) is 1.53. The molecule has 0 spiro atoms. The molecule has 0 heterocycles. The highest BCUT2D eigenvalue weighted by atomic mass is 79.9. The summed E-state index contributed by atoms with van der Waals surface area (Å²) in [7, 11) is -2.05. The van der Waals surface area contributed by atoms with Crippen molar-refractivity contribution >= 4 is 26.0 Å². The van der Waals surface area contributed by atoms with Gasteiger partial charge in [-0.1, -0.05) is 6.07 Å². The van der Waals surface area contributed by atoms with E-state index in [2.05, 4.69) is 20.7 Å². The van der Waals surface area contributed by atoms with Gasteiger partial charge >= 0.3 is 0 Å². The third-order valence-electron chi connectivity index (χ3n) is 2.77. The van der Waals surface area contributed by atoms with Crippen LogP contribution in [0.4, 0.5) is 0 Å². The molecule has 0 amide bonds. The molecule has 1 rings (SSSR count). The maximum absolute atomic E-state index is 12.3. The molecule has 1 unspecified atom stereocenters. The second kappa shape index (κ2) is 6.81. The van der Waals surface area contributed by atoms with Gasteiger partial charge in [0.2, 0.25) is 10.0 Å². The monoisotopic (exact) mass is 350 g/mol. The lowest BCUT2D eigenvalue weighted by atomic mass is 10.1. The van der Waals surface area contributed by atoms with Crippen molar-refractivity contribution in [2.75, 3.05) is 13.7 Å². The van der Waals surface area contributed by atoms with Gasteiger partial charge in [-0.3, -0.25) is 0 Å². The Kier molecular flexibility index (Phi) is 5.94. The number of nitrogens with two attached hydrogens (primary N) is 1. The molecular weight excluding hydrogens is 332 g/mol. The Bertz CT molecular complexity index is 546. The van der Waals surface area contributed by atoms with Crippen LogP contribution >= 0.6 is 15.9 Å². The van der Waals surface area contributed by atoms with E-state index >= 15 is 0 Å². The minimum Gasteiger partial charge on any atom is -0.380 e. The van der Waals surface area contributed by atoms with Gasteiger partial charge in [0.25, 0.3) is 0 Å². The molecule has 1 aromatic rings. The molecule has 5 nitrogen and oxygen atoms in total. The standard InChI is InChI=1S/C12H19BrN2O3S/c1-8-4-10(6-14)5-11(12(8)13)19(16,17)15-7-9(2)18-3/h4-5,9,15H,6-7,14H2,1-3H3. The van der Waals surface area contributed by atoms with E-state index in [-0.39, 0.29) is 17.5 Å². The van der Waals surface area contributed by atoms with Gasteiger partial charge < -0.3 is 10.5 Å². The minimum absolute atomic E-state index is 0.188. The number of methoxy groups -OCH3 is 1. The zero-order chi connectivity index (χ0) is 14.6. The van der Waals surface area contributed by atoms with Gasteiger partial charge in [0.05, 0.1) is 11.0 Å². The van der Waals surface area contributed by atoms with Gasteiger partial charge in [-0.15, -0.1) is 0 Å². The summed E-state index contributed by atoms with van der Waals surface area (Å²) in [5.74, 6) is 0. The largest absolute Gasteiger partial charge is 0.380 e. The summed E-state index contributed by atoms with van der Waals surface area (Å²) in [5, 5.41) is 0. The van der Waals surface area contributed by atoms with Crippen LogP contribution in [0.3, 0.4) is 0 Å².